The predicted molar refractivity (Wildman–Crippen MR) is 73.4 cm³/mol. The van der Waals surface area contributed by atoms with Crippen molar-refractivity contribution in [3.05, 3.63) is 17.6 Å². The van der Waals surface area contributed by atoms with Crippen molar-refractivity contribution in [3.63, 3.8) is 0 Å². The Kier molecular flexibility index (Phi) is 5.07. The Hall–Kier alpha value is -1.17. The Bertz CT molecular complexity index is 498. The molecule has 0 fully saturated rings. The Morgan fingerprint density at radius 2 is 2.00 bits per heavy atom. The van der Waals surface area contributed by atoms with Crippen molar-refractivity contribution in [2.24, 2.45) is 0 Å². The van der Waals surface area contributed by atoms with E-state index < -0.39 is 9.84 Å². The van der Waals surface area contributed by atoms with Crippen molar-refractivity contribution in [1.82, 2.24) is 9.97 Å². The molecule has 1 heterocycles. The SMILES string of the molecule is CCCNc1cc(C(C)C)nc(CS(C)(=O)=O)n1. The summed E-state index contributed by atoms with van der Waals surface area (Å²) in [6.07, 6.45) is 2.18. The third kappa shape index (κ3) is 5.00. The summed E-state index contributed by atoms with van der Waals surface area (Å²) < 4.78 is 22.6. The van der Waals surface area contributed by atoms with E-state index in [1.807, 2.05) is 19.9 Å². The van der Waals surface area contributed by atoms with Crippen molar-refractivity contribution in [2.75, 3.05) is 18.1 Å². The monoisotopic (exact) mass is 271 g/mol. The van der Waals surface area contributed by atoms with Gasteiger partial charge in [0.2, 0.25) is 0 Å². The van der Waals surface area contributed by atoms with Crippen molar-refractivity contribution in [2.45, 2.75) is 38.9 Å². The lowest BCUT2D eigenvalue weighted by atomic mass is 10.1. The van der Waals surface area contributed by atoms with E-state index in [-0.39, 0.29) is 11.7 Å². The maximum Gasteiger partial charge on any atom is 0.154 e. The molecule has 1 aromatic heterocycles. The number of rotatable bonds is 6. The lowest BCUT2D eigenvalue weighted by molar-refractivity contribution is 0.599. The van der Waals surface area contributed by atoms with Crippen LogP contribution in [0.2, 0.25) is 0 Å². The first-order chi connectivity index (χ1) is 8.31. The average Bonchev–Trinajstić information content (AvgIpc) is 2.23. The first-order valence-electron chi connectivity index (χ1n) is 6.11. The number of nitrogens with zero attached hydrogens (tertiary/aromatic N) is 2. The van der Waals surface area contributed by atoms with Gasteiger partial charge in [-0.2, -0.15) is 0 Å². The molecule has 0 aliphatic rings. The molecule has 0 aliphatic carbocycles. The highest BCUT2D eigenvalue weighted by molar-refractivity contribution is 7.89. The van der Waals surface area contributed by atoms with Crippen LogP contribution in [0.3, 0.4) is 0 Å². The number of nitrogens with one attached hydrogen (secondary N) is 1. The molecular weight excluding hydrogens is 250 g/mol. The van der Waals surface area contributed by atoms with Crippen LogP contribution in [0, 0.1) is 0 Å². The van der Waals surface area contributed by atoms with Gasteiger partial charge < -0.3 is 5.32 Å². The van der Waals surface area contributed by atoms with E-state index in [1.165, 1.54) is 6.26 Å². The predicted octanol–water partition coefficient (Wildman–Crippen LogP) is 1.97. The number of hydrogen-bond acceptors (Lipinski definition) is 5. The maximum atomic E-state index is 11.3. The Labute approximate surface area is 109 Å². The molecule has 0 bridgehead atoms. The molecule has 0 amide bonds. The first-order valence-corrected chi connectivity index (χ1v) is 8.17. The van der Waals surface area contributed by atoms with Crippen LogP contribution in [0.15, 0.2) is 6.07 Å². The molecule has 0 radical (unpaired) electrons. The summed E-state index contributed by atoms with van der Waals surface area (Å²) in [5.41, 5.74) is 0.863. The van der Waals surface area contributed by atoms with Gasteiger partial charge in [0.1, 0.15) is 17.4 Å². The minimum Gasteiger partial charge on any atom is -0.370 e. The zero-order valence-corrected chi connectivity index (χ0v) is 12.2. The van der Waals surface area contributed by atoms with Gasteiger partial charge in [-0.25, -0.2) is 18.4 Å². The highest BCUT2D eigenvalue weighted by atomic mass is 32.2. The molecule has 0 saturated heterocycles. The van der Waals surface area contributed by atoms with Gasteiger partial charge in [-0.1, -0.05) is 20.8 Å². The molecule has 0 saturated carbocycles. The second-order valence-corrected chi connectivity index (χ2v) is 6.89. The zero-order chi connectivity index (χ0) is 13.8. The standard InChI is InChI=1S/C12H21N3O2S/c1-5-6-13-11-7-10(9(2)3)14-12(15-11)8-18(4,16)17/h7,9H,5-6,8H2,1-4H3,(H,13,14,15). The summed E-state index contributed by atoms with van der Waals surface area (Å²) in [6.45, 7) is 6.92. The van der Waals surface area contributed by atoms with Crippen molar-refractivity contribution in [1.29, 1.82) is 0 Å². The summed E-state index contributed by atoms with van der Waals surface area (Å²) in [4.78, 5) is 8.53. The third-order valence-corrected chi connectivity index (χ3v) is 3.11. The quantitative estimate of drug-likeness (QED) is 0.856. The summed E-state index contributed by atoms with van der Waals surface area (Å²) in [7, 11) is -3.11. The van der Waals surface area contributed by atoms with Crippen LogP contribution >= 0.6 is 0 Å². The van der Waals surface area contributed by atoms with Crippen molar-refractivity contribution < 1.29 is 8.42 Å². The molecule has 6 heteroatoms. The normalized spacial score (nSPS) is 11.8. The van der Waals surface area contributed by atoms with Gasteiger partial charge >= 0.3 is 0 Å². The summed E-state index contributed by atoms with van der Waals surface area (Å²) in [6, 6.07) is 1.88. The van der Waals surface area contributed by atoms with Gasteiger partial charge in [-0.15, -0.1) is 0 Å². The van der Waals surface area contributed by atoms with Crippen molar-refractivity contribution >= 4 is 15.7 Å². The Balaban J connectivity index is 3.05. The van der Waals surface area contributed by atoms with Gasteiger partial charge in [0, 0.05) is 24.6 Å². The van der Waals surface area contributed by atoms with Gasteiger partial charge in [0.05, 0.1) is 0 Å². The summed E-state index contributed by atoms with van der Waals surface area (Å²) >= 11 is 0. The minimum absolute atomic E-state index is 0.117. The summed E-state index contributed by atoms with van der Waals surface area (Å²) in [5.74, 6) is 1.19. The third-order valence-electron chi connectivity index (χ3n) is 2.33. The number of hydrogen-bond donors (Lipinski definition) is 1. The zero-order valence-electron chi connectivity index (χ0n) is 11.4. The maximum absolute atomic E-state index is 11.3. The molecule has 18 heavy (non-hydrogen) atoms. The van der Waals surface area contributed by atoms with Gasteiger partial charge in [0.25, 0.3) is 0 Å². The highest BCUT2D eigenvalue weighted by Gasteiger charge is 2.12. The van der Waals surface area contributed by atoms with E-state index in [0.29, 0.717) is 11.6 Å². The molecule has 0 aromatic carbocycles. The van der Waals surface area contributed by atoms with Gasteiger partial charge in [-0.05, 0) is 12.3 Å². The molecular formula is C12H21N3O2S. The minimum atomic E-state index is -3.11. The van der Waals surface area contributed by atoms with Gasteiger partial charge in [0.15, 0.2) is 9.84 Å². The van der Waals surface area contributed by atoms with Crippen LogP contribution < -0.4 is 5.32 Å². The van der Waals surface area contributed by atoms with E-state index in [1.54, 1.807) is 0 Å². The Morgan fingerprint density at radius 3 is 2.50 bits per heavy atom. The van der Waals surface area contributed by atoms with Crippen LogP contribution in [0.25, 0.3) is 0 Å². The second-order valence-electron chi connectivity index (χ2n) is 4.75. The lowest BCUT2D eigenvalue weighted by Gasteiger charge is -2.11. The molecule has 1 aromatic rings. The molecule has 5 nitrogen and oxygen atoms in total. The van der Waals surface area contributed by atoms with Crippen LogP contribution in [-0.2, 0) is 15.6 Å². The van der Waals surface area contributed by atoms with Crippen LogP contribution in [0.5, 0.6) is 0 Å². The van der Waals surface area contributed by atoms with E-state index >= 15 is 0 Å². The molecule has 0 aliphatic heterocycles. The molecule has 102 valence electrons. The largest absolute Gasteiger partial charge is 0.370 e. The van der Waals surface area contributed by atoms with Crippen LogP contribution in [0.1, 0.15) is 44.6 Å². The molecule has 1 rings (SSSR count). The number of sulfone groups is 1. The van der Waals surface area contributed by atoms with E-state index in [2.05, 4.69) is 22.2 Å². The van der Waals surface area contributed by atoms with Gasteiger partial charge in [-0.3, -0.25) is 0 Å². The van der Waals surface area contributed by atoms with E-state index in [0.717, 1.165) is 18.7 Å². The van der Waals surface area contributed by atoms with E-state index in [4.69, 9.17) is 0 Å². The summed E-state index contributed by atoms with van der Waals surface area (Å²) in [5, 5.41) is 3.17. The molecule has 0 spiro atoms. The first kappa shape index (κ1) is 14.9. The van der Waals surface area contributed by atoms with Crippen LogP contribution in [0.4, 0.5) is 5.82 Å². The Morgan fingerprint density at radius 1 is 1.33 bits per heavy atom. The molecule has 0 unspecified atom stereocenters. The average molecular weight is 271 g/mol. The van der Waals surface area contributed by atoms with Crippen molar-refractivity contribution in [3.8, 4) is 0 Å². The lowest BCUT2D eigenvalue weighted by Crippen LogP contribution is -2.11. The van der Waals surface area contributed by atoms with Crippen LogP contribution in [-0.4, -0.2) is 31.2 Å². The fraction of sp³-hybridized carbons (Fsp3) is 0.667. The molecule has 1 N–H and O–H groups in total. The number of anilines is 1. The smallest absolute Gasteiger partial charge is 0.154 e. The number of aromatic nitrogens is 2. The topological polar surface area (TPSA) is 72.0 Å². The van der Waals surface area contributed by atoms with E-state index in [9.17, 15) is 8.42 Å². The molecule has 0 atom stereocenters. The fourth-order valence-electron chi connectivity index (χ4n) is 1.46. The highest BCUT2D eigenvalue weighted by Crippen LogP contribution is 2.16. The second kappa shape index (κ2) is 6.13. The fourth-order valence-corrected chi connectivity index (χ4v) is 2.05.